The molecule has 1 fully saturated rings. The van der Waals surface area contributed by atoms with Gasteiger partial charge in [0.2, 0.25) is 0 Å². The molecule has 1 rings (SSSR count). The van der Waals surface area contributed by atoms with Crippen LogP contribution in [0.3, 0.4) is 0 Å². The van der Waals surface area contributed by atoms with Crippen molar-refractivity contribution in [3.8, 4) is 0 Å². The first-order valence-corrected chi connectivity index (χ1v) is 25.3. The second-order valence-electron chi connectivity index (χ2n) is 16.1. The van der Waals surface area contributed by atoms with Crippen molar-refractivity contribution in [2.24, 2.45) is 0 Å². The average Bonchev–Trinajstić information content (AvgIpc) is 3.30. The third-order valence-electron chi connectivity index (χ3n) is 10.2. The molecule has 14 nitrogen and oxygen atoms in total. The van der Waals surface area contributed by atoms with E-state index in [2.05, 4.69) is 55.5 Å². The number of unbranched alkanes of at least 4 members (excludes halogenated alkanes) is 7. The van der Waals surface area contributed by atoms with Crippen LogP contribution in [-0.4, -0.2) is 110 Å². The van der Waals surface area contributed by atoms with Crippen molar-refractivity contribution in [3.63, 3.8) is 0 Å². The Morgan fingerprint density at radius 2 is 1.05 bits per heavy atom. The highest BCUT2D eigenvalue weighted by Gasteiger charge is 2.51. The normalized spacial score (nSPS) is 22.7. The molecule has 0 aromatic rings. The van der Waals surface area contributed by atoms with E-state index in [1.54, 1.807) is 6.08 Å². The zero-order valence-corrected chi connectivity index (χ0v) is 40.2. The van der Waals surface area contributed by atoms with E-state index in [1.165, 1.54) is 19.3 Å². The van der Waals surface area contributed by atoms with E-state index in [9.17, 15) is 49.7 Å². The van der Waals surface area contributed by atoms with Gasteiger partial charge in [0.15, 0.2) is 6.10 Å². The van der Waals surface area contributed by atoms with E-state index in [4.69, 9.17) is 18.5 Å². The number of carbonyl (C=O) groups excluding carboxylic acids is 2. The maximum atomic E-state index is 12.8. The molecule has 1 aliphatic rings. The van der Waals surface area contributed by atoms with Crippen LogP contribution in [0.5, 0.6) is 0 Å². The van der Waals surface area contributed by atoms with Crippen LogP contribution in [0.1, 0.15) is 136 Å². The first kappa shape index (κ1) is 60.5. The average molecular weight is 949 g/mol. The zero-order chi connectivity index (χ0) is 48.7. The monoisotopic (exact) mass is 949 g/mol. The Balaban J connectivity index is 2.54. The minimum Gasteiger partial charge on any atom is -0.462 e. The number of ether oxygens (including phenoxy) is 2. The molecule has 4 unspecified atom stereocenters. The summed E-state index contributed by atoms with van der Waals surface area (Å²) < 4.78 is 33.4. The fourth-order valence-corrected chi connectivity index (χ4v) is 7.30. The van der Waals surface area contributed by atoms with E-state index in [0.717, 1.165) is 57.8 Å². The number of aliphatic hydroxyl groups is 6. The van der Waals surface area contributed by atoms with Crippen LogP contribution in [-0.2, 0) is 32.7 Å². The second kappa shape index (κ2) is 39.5. The quantitative estimate of drug-likeness (QED) is 0.0102. The predicted octanol–water partition coefficient (Wildman–Crippen LogP) is 8.58. The van der Waals surface area contributed by atoms with Gasteiger partial charge in [-0.05, 0) is 89.9 Å². The van der Waals surface area contributed by atoms with Crippen LogP contribution in [0.15, 0.2) is 109 Å². The summed E-state index contributed by atoms with van der Waals surface area (Å²) in [4.78, 5) is 35.7. The molecule has 0 spiro atoms. The van der Waals surface area contributed by atoms with E-state index < -0.39 is 81.8 Å². The molecule has 374 valence electrons. The molecule has 1 saturated carbocycles. The number of esters is 2. The third kappa shape index (κ3) is 31.4. The first-order chi connectivity index (χ1) is 31.8. The lowest BCUT2D eigenvalue weighted by atomic mass is 9.85. The molecule has 0 saturated heterocycles. The Morgan fingerprint density at radius 3 is 1.61 bits per heavy atom. The van der Waals surface area contributed by atoms with Crippen molar-refractivity contribution in [2.45, 2.75) is 185 Å². The molecule has 66 heavy (non-hydrogen) atoms. The molecular formula is C51H81O14P. The highest BCUT2D eigenvalue weighted by Crippen LogP contribution is 2.47. The van der Waals surface area contributed by atoms with Crippen LogP contribution in [0, 0.1) is 0 Å². The molecule has 7 N–H and O–H groups in total. The van der Waals surface area contributed by atoms with Crippen molar-refractivity contribution in [1.29, 1.82) is 0 Å². The van der Waals surface area contributed by atoms with Gasteiger partial charge >= 0.3 is 19.8 Å². The summed E-state index contributed by atoms with van der Waals surface area (Å²) in [6.07, 6.45) is 37.6. The summed E-state index contributed by atoms with van der Waals surface area (Å²) in [5, 5.41) is 60.0. The van der Waals surface area contributed by atoms with Gasteiger partial charge in [-0.3, -0.25) is 18.6 Å². The summed E-state index contributed by atoms with van der Waals surface area (Å²) in [6.45, 7) is 2.94. The fraction of sp³-hybridized carbons (Fsp3) is 0.608. The Kier molecular flexibility index (Phi) is 36.2. The Labute approximate surface area is 394 Å². The van der Waals surface area contributed by atoms with E-state index >= 15 is 0 Å². The largest absolute Gasteiger partial charge is 0.472 e. The number of hydrogen-bond acceptors (Lipinski definition) is 13. The number of phosphoric acid groups is 1. The van der Waals surface area contributed by atoms with Gasteiger partial charge in [0, 0.05) is 12.8 Å². The van der Waals surface area contributed by atoms with Crippen LogP contribution in [0.25, 0.3) is 0 Å². The summed E-state index contributed by atoms with van der Waals surface area (Å²) in [5.74, 6) is -1.24. The van der Waals surface area contributed by atoms with Crippen molar-refractivity contribution < 1.29 is 68.2 Å². The molecule has 0 aromatic carbocycles. The smallest absolute Gasteiger partial charge is 0.462 e. The predicted molar refractivity (Wildman–Crippen MR) is 259 cm³/mol. The van der Waals surface area contributed by atoms with Gasteiger partial charge in [-0.1, -0.05) is 142 Å². The SMILES string of the molecule is CC/C=C\C(O)C/C=C/C=C\C/C=C\C/C=C\CCCC(=O)O[C@H](COC(=O)CCCCC/C=C\C/C=C\C/C=C\C/C=C\CCCCC)COP(=O)(O)OC1[C@H](O)[C@H](O)C(O)[C@H](O)[C@H]1O. The summed E-state index contributed by atoms with van der Waals surface area (Å²) >= 11 is 0. The Hall–Kier alpha value is -3.53. The fourth-order valence-electron chi connectivity index (χ4n) is 6.32. The maximum Gasteiger partial charge on any atom is 0.472 e. The third-order valence-corrected chi connectivity index (χ3v) is 11.2. The minimum absolute atomic E-state index is 0.0137. The highest BCUT2D eigenvalue weighted by atomic mass is 31.2. The molecule has 0 bridgehead atoms. The number of phosphoric ester groups is 1. The van der Waals surface area contributed by atoms with Gasteiger partial charge < -0.3 is 45.0 Å². The van der Waals surface area contributed by atoms with Crippen LogP contribution in [0.4, 0.5) is 0 Å². The highest BCUT2D eigenvalue weighted by molar-refractivity contribution is 7.47. The number of rotatable bonds is 37. The van der Waals surface area contributed by atoms with Crippen LogP contribution < -0.4 is 0 Å². The molecule has 0 radical (unpaired) electrons. The van der Waals surface area contributed by atoms with Gasteiger partial charge in [0.1, 0.15) is 43.2 Å². The molecule has 0 aromatic heterocycles. The zero-order valence-electron chi connectivity index (χ0n) is 39.3. The number of hydrogen-bond donors (Lipinski definition) is 7. The van der Waals surface area contributed by atoms with E-state index in [-0.39, 0.29) is 12.8 Å². The van der Waals surface area contributed by atoms with Crippen molar-refractivity contribution in [2.75, 3.05) is 13.2 Å². The van der Waals surface area contributed by atoms with Crippen LogP contribution >= 0.6 is 7.82 Å². The van der Waals surface area contributed by atoms with Crippen molar-refractivity contribution in [3.05, 3.63) is 109 Å². The second-order valence-corrected chi connectivity index (χ2v) is 17.5. The molecule has 1 aliphatic carbocycles. The van der Waals surface area contributed by atoms with Crippen molar-refractivity contribution in [1.82, 2.24) is 0 Å². The molecule has 0 amide bonds. The molecule has 15 heteroatoms. The standard InChI is InChI=1S/C51H81O14P/c1-3-5-7-8-9-10-11-12-13-14-15-16-17-18-22-25-28-31-34-38-44(53)62-40-43(41-63-66(60,61)65-51-49(58)47(56)46(55)48(57)50(51)59)64-45(54)39-35-32-29-26-23-20-19-21-24-27-30-33-37-42(52)36-6-4-2/h6,9-10,12-13,15-16,18-20,22,24,26-27,29-30,33,36,42-43,46-52,55-59H,3-5,7-8,11,14,17,21,23,25,28,31-32,34-35,37-41H2,1-2H3,(H,60,61)/b10-9-,13-12-,16-15-,20-19-,22-18-,27-24-,29-26-,33-30+,36-6-/t42?,43-,46?,47-,48+,49-,50-,51?/m1/s1. The van der Waals surface area contributed by atoms with Gasteiger partial charge in [-0.15, -0.1) is 0 Å². The maximum absolute atomic E-state index is 12.8. The van der Waals surface area contributed by atoms with Gasteiger partial charge in [-0.2, -0.15) is 0 Å². The van der Waals surface area contributed by atoms with Crippen LogP contribution in [0.2, 0.25) is 0 Å². The number of aliphatic hydroxyl groups excluding tert-OH is 6. The van der Waals surface area contributed by atoms with Crippen molar-refractivity contribution >= 4 is 19.8 Å². The molecule has 0 aliphatic heterocycles. The van der Waals surface area contributed by atoms with Gasteiger partial charge in [0.25, 0.3) is 0 Å². The number of carbonyl (C=O) groups is 2. The van der Waals surface area contributed by atoms with E-state index in [1.807, 2.05) is 61.6 Å². The Bertz CT molecular complexity index is 1580. The Morgan fingerprint density at radius 1 is 0.561 bits per heavy atom. The molecule has 0 heterocycles. The lowest BCUT2D eigenvalue weighted by Crippen LogP contribution is -2.64. The molecular weight excluding hydrogens is 868 g/mol. The minimum atomic E-state index is -5.16. The molecule has 9 atom stereocenters. The lowest BCUT2D eigenvalue weighted by molar-refractivity contribution is -0.220. The summed E-state index contributed by atoms with van der Waals surface area (Å²) in [7, 11) is -5.16. The first-order valence-electron chi connectivity index (χ1n) is 23.8. The van der Waals surface area contributed by atoms with E-state index in [0.29, 0.717) is 32.1 Å². The van der Waals surface area contributed by atoms with Gasteiger partial charge in [0.05, 0.1) is 12.7 Å². The lowest BCUT2D eigenvalue weighted by Gasteiger charge is -2.41. The number of allylic oxidation sites excluding steroid dienone is 16. The topological polar surface area (TPSA) is 230 Å². The van der Waals surface area contributed by atoms with Gasteiger partial charge in [-0.25, -0.2) is 4.57 Å². The summed E-state index contributed by atoms with van der Waals surface area (Å²) in [6, 6.07) is 0. The summed E-state index contributed by atoms with van der Waals surface area (Å²) in [5.41, 5.74) is 0.